The summed E-state index contributed by atoms with van der Waals surface area (Å²) in [6.07, 6.45) is -8.97. The van der Waals surface area contributed by atoms with Gasteiger partial charge in [0.15, 0.2) is 12.1 Å². The van der Waals surface area contributed by atoms with Gasteiger partial charge in [0.25, 0.3) is 0 Å². The van der Waals surface area contributed by atoms with Crippen LogP contribution >= 0.6 is 0 Å². The van der Waals surface area contributed by atoms with Gasteiger partial charge in [0, 0.05) is 13.5 Å². The molecule has 1 heterocycles. The zero-order valence-corrected chi connectivity index (χ0v) is 9.39. The van der Waals surface area contributed by atoms with Crippen LogP contribution in [0.15, 0.2) is 0 Å². The minimum atomic E-state index is -1.62. The van der Waals surface area contributed by atoms with Crippen molar-refractivity contribution in [1.82, 2.24) is 0 Å². The van der Waals surface area contributed by atoms with E-state index in [-0.39, 0.29) is 6.42 Å². The quantitative estimate of drug-likeness (QED) is 0.438. The zero-order valence-electron chi connectivity index (χ0n) is 9.39. The number of aliphatic hydroxyl groups excluding tert-OH is 4. The van der Waals surface area contributed by atoms with Gasteiger partial charge in [-0.15, -0.1) is 0 Å². The zero-order chi connectivity index (χ0) is 13.2. The Hall–Kier alpha value is -0.570. The van der Waals surface area contributed by atoms with Crippen LogP contribution in [0.25, 0.3) is 0 Å². The van der Waals surface area contributed by atoms with E-state index in [9.17, 15) is 25.2 Å². The molecule has 1 unspecified atom stereocenters. The number of Topliss-reactive ketones (excluding diaryl/α,β-unsaturated/α-hetero) is 1. The van der Waals surface area contributed by atoms with Crippen LogP contribution in [0.2, 0.25) is 0 Å². The average Bonchev–Trinajstić information content (AvgIpc) is 2.34. The Morgan fingerprint density at radius 3 is 2.41 bits per heavy atom. The summed E-state index contributed by atoms with van der Waals surface area (Å²) in [6.45, 7) is 3.31. The summed E-state index contributed by atoms with van der Waals surface area (Å²) >= 11 is 0. The molecule has 0 saturated carbocycles. The van der Waals surface area contributed by atoms with Gasteiger partial charge < -0.3 is 29.9 Å². The number of methoxy groups -OCH3 is 1. The molecule has 1 aliphatic heterocycles. The molecular formula is C10H17O7. The Kier molecular flexibility index (Phi) is 4.99. The lowest BCUT2D eigenvalue weighted by molar-refractivity contribution is -0.301. The molecule has 0 amide bonds. The maximum Gasteiger partial charge on any atom is 0.186 e. The SMILES string of the molecule is [CH2]CC(=O)C(O)[C@H]1O[C@H](OC)[C@@H](O)[C@@H](O)[C@@H]1O. The van der Waals surface area contributed by atoms with E-state index >= 15 is 0 Å². The van der Waals surface area contributed by atoms with Crippen LogP contribution in [0.4, 0.5) is 0 Å². The normalized spacial score (nSPS) is 40.0. The summed E-state index contributed by atoms with van der Waals surface area (Å²) < 4.78 is 9.77. The molecule has 1 saturated heterocycles. The predicted octanol–water partition coefficient (Wildman–Crippen LogP) is -2.41. The molecule has 0 spiro atoms. The fourth-order valence-corrected chi connectivity index (χ4v) is 1.66. The molecule has 1 fully saturated rings. The van der Waals surface area contributed by atoms with E-state index in [4.69, 9.17) is 9.47 Å². The standard InChI is InChI=1S/C10H17O7/c1-3-4(11)5(12)9-7(14)6(13)8(15)10(16-2)17-9/h5-10,12-15H,1,3H2,2H3/t5?,6-,7-,8-,9+,10-/m0/s1. The van der Waals surface area contributed by atoms with E-state index in [2.05, 4.69) is 6.92 Å². The molecule has 1 aliphatic rings. The summed E-state index contributed by atoms with van der Waals surface area (Å²) in [4.78, 5) is 11.3. The third-order valence-corrected chi connectivity index (χ3v) is 2.73. The van der Waals surface area contributed by atoms with Gasteiger partial charge in [-0.05, 0) is 6.92 Å². The lowest BCUT2D eigenvalue weighted by atomic mass is 9.93. The van der Waals surface area contributed by atoms with Gasteiger partial charge in [0.05, 0.1) is 0 Å². The number of ketones is 1. The molecule has 1 rings (SSSR count). The van der Waals surface area contributed by atoms with E-state index in [1.54, 1.807) is 0 Å². The third kappa shape index (κ3) is 2.82. The Morgan fingerprint density at radius 2 is 1.94 bits per heavy atom. The van der Waals surface area contributed by atoms with E-state index in [0.29, 0.717) is 0 Å². The monoisotopic (exact) mass is 249 g/mol. The molecule has 1 radical (unpaired) electrons. The number of hydrogen-bond donors (Lipinski definition) is 4. The maximum atomic E-state index is 11.3. The molecule has 0 aliphatic carbocycles. The lowest BCUT2D eigenvalue weighted by Crippen LogP contribution is -2.62. The van der Waals surface area contributed by atoms with E-state index in [1.807, 2.05) is 0 Å². The number of rotatable bonds is 4. The van der Waals surface area contributed by atoms with Crippen molar-refractivity contribution in [3.05, 3.63) is 6.92 Å². The fourth-order valence-electron chi connectivity index (χ4n) is 1.66. The molecule has 0 aromatic rings. The van der Waals surface area contributed by atoms with Crippen molar-refractivity contribution in [2.45, 2.75) is 43.2 Å². The molecule has 0 aromatic heterocycles. The summed E-state index contributed by atoms with van der Waals surface area (Å²) in [6, 6.07) is 0. The highest BCUT2D eigenvalue weighted by atomic mass is 16.7. The van der Waals surface area contributed by atoms with Crippen LogP contribution in [-0.2, 0) is 14.3 Å². The Morgan fingerprint density at radius 1 is 1.35 bits per heavy atom. The Bertz CT molecular complexity index is 267. The van der Waals surface area contributed by atoms with Crippen LogP contribution in [0.5, 0.6) is 0 Å². The summed E-state index contributed by atoms with van der Waals surface area (Å²) in [7, 11) is 1.23. The van der Waals surface area contributed by atoms with Crippen molar-refractivity contribution >= 4 is 5.78 Å². The minimum Gasteiger partial charge on any atom is -0.387 e. The Labute approximate surface area is 98.6 Å². The second-order valence-corrected chi connectivity index (χ2v) is 3.84. The van der Waals surface area contributed by atoms with E-state index < -0.39 is 42.6 Å². The van der Waals surface area contributed by atoms with Crippen molar-refractivity contribution in [1.29, 1.82) is 0 Å². The number of hydrogen-bond acceptors (Lipinski definition) is 7. The summed E-state index contributed by atoms with van der Waals surface area (Å²) in [5.74, 6) is -0.632. The first-order valence-electron chi connectivity index (χ1n) is 5.16. The number of carbonyl (C=O) groups is 1. The maximum absolute atomic E-state index is 11.3. The van der Waals surface area contributed by atoms with Crippen molar-refractivity contribution < 1.29 is 34.7 Å². The fraction of sp³-hybridized carbons (Fsp3) is 0.800. The molecule has 7 heteroatoms. The van der Waals surface area contributed by atoms with Crippen molar-refractivity contribution in [2.75, 3.05) is 7.11 Å². The van der Waals surface area contributed by atoms with Gasteiger partial charge in [-0.3, -0.25) is 4.79 Å². The van der Waals surface area contributed by atoms with Gasteiger partial charge in [-0.2, -0.15) is 0 Å². The highest BCUT2D eigenvalue weighted by molar-refractivity contribution is 5.83. The van der Waals surface area contributed by atoms with Crippen molar-refractivity contribution in [2.24, 2.45) is 0 Å². The highest BCUT2D eigenvalue weighted by Gasteiger charge is 2.47. The first-order valence-corrected chi connectivity index (χ1v) is 5.16. The van der Waals surface area contributed by atoms with Gasteiger partial charge in [-0.25, -0.2) is 0 Å². The number of aliphatic hydroxyl groups is 4. The molecule has 6 atom stereocenters. The smallest absolute Gasteiger partial charge is 0.186 e. The van der Waals surface area contributed by atoms with Crippen molar-refractivity contribution in [3.63, 3.8) is 0 Å². The van der Waals surface area contributed by atoms with Crippen molar-refractivity contribution in [3.8, 4) is 0 Å². The summed E-state index contributed by atoms with van der Waals surface area (Å²) in [5, 5.41) is 38.2. The molecular weight excluding hydrogens is 232 g/mol. The third-order valence-electron chi connectivity index (χ3n) is 2.73. The first kappa shape index (κ1) is 14.5. The lowest BCUT2D eigenvalue weighted by Gasteiger charge is -2.41. The van der Waals surface area contributed by atoms with Gasteiger partial charge in [-0.1, -0.05) is 0 Å². The van der Waals surface area contributed by atoms with Crippen LogP contribution in [0, 0.1) is 6.92 Å². The predicted molar refractivity (Wildman–Crippen MR) is 54.7 cm³/mol. The minimum absolute atomic E-state index is 0.177. The van der Waals surface area contributed by atoms with Crippen LogP contribution in [-0.4, -0.2) is 70.1 Å². The highest BCUT2D eigenvalue weighted by Crippen LogP contribution is 2.24. The van der Waals surface area contributed by atoms with Crippen LogP contribution in [0.1, 0.15) is 6.42 Å². The topological polar surface area (TPSA) is 116 Å². The molecule has 17 heavy (non-hydrogen) atoms. The van der Waals surface area contributed by atoms with E-state index in [0.717, 1.165) is 0 Å². The second kappa shape index (κ2) is 5.85. The van der Waals surface area contributed by atoms with Gasteiger partial charge in [0.2, 0.25) is 0 Å². The van der Waals surface area contributed by atoms with Crippen LogP contribution < -0.4 is 0 Å². The number of ether oxygens (including phenoxy) is 2. The Balaban J connectivity index is 2.81. The van der Waals surface area contributed by atoms with Crippen LogP contribution in [0.3, 0.4) is 0 Å². The molecule has 99 valence electrons. The number of carbonyl (C=O) groups excluding carboxylic acids is 1. The second-order valence-electron chi connectivity index (χ2n) is 3.84. The van der Waals surface area contributed by atoms with Gasteiger partial charge >= 0.3 is 0 Å². The molecule has 4 N–H and O–H groups in total. The van der Waals surface area contributed by atoms with E-state index in [1.165, 1.54) is 7.11 Å². The molecule has 0 bridgehead atoms. The molecule has 0 aromatic carbocycles. The van der Waals surface area contributed by atoms with Gasteiger partial charge in [0.1, 0.15) is 30.5 Å². The largest absolute Gasteiger partial charge is 0.387 e. The summed E-state index contributed by atoms with van der Waals surface area (Å²) in [5.41, 5.74) is 0. The average molecular weight is 249 g/mol. The first-order chi connectivity index (χ1) is 7.93. The molecule has 7 nitrogen and oxygen atoms in total.